The summed E-state index contributed by atoms with van der Waals surface area (Å²) in [6, 6.07) is 8.34. The summed E-state index contributed by atoms with van der Waals surface area (Å²) >= 11 is 0. The minimum absolute atomic E-state index is 0.0452. The summed E-state index contributed by atoms with van der Waals surface area (Å²) in [6.45, 7) is 1.94. The fraction of sp³-hybridized carbons (Fsp3) is 0.350. The van der Waals surface area contributed by atoms with Gasteiger partial charge in [0.25, 0.3) is 5.89 Å². The van der Waals surface area contributed by atoms with Gasteiger partial charge < -0.3 is 19.3 Å². The van der Waals surface area contributed by atoms with E-state index in [0.29, 0.717) is 31.7 Å². The van der Waals surface area contributed by atoms with Gasteiger partial charge in [0.15, 0.2) is 0 Å². The van der Waals surface area contributed by atoms with Crippen LogP contribution in [0.2, 0.25) is 0 Å². The summed E-state index contributed by atoms with van der Waals surface area (Å²) < 4.78 is 49.6. The summed E-state index contributed by atoms with van der Waals surface area (Å²) in [4.78, 5) is 10.7. The van der Waals surface area contributed by atoms with Crippen LogP contribution in [0.3, 0.4) is 0 Å². The maximum absolute atomic E-state index is 12.9. The normalized spacial score (nSPS) is 17.3. The van der Waals surface area contributed by atoms with Crippen molar-refractivity contribution in [2.24, 2.45) is 0 Å². The zero-order chi connectivity index (χ0) is 21.1. The molecule has 1 atom stereocenters. The minimum atomic E-state index is -4.45. The number of morpholine rings is 1. The van der Waals surface area contributed by atoms with E-state index < -0.39 is 11.7 Å². The van der Waals surface area contributed by atoms with Gasteiger partial charge in [-0.1, -0.05) is 17.3 Å². The first kappa shape index (κ1) is 20.3. The SMILES string of the molecule is OCC[C@H]1CN(c2ccc(-c3nc(-c4cccc(C(F)(F)F)c4)no3)cn2)CCO1. The van der Waals surface area contributed by atoms with Gasteiger partial charge in [0.2, 0.25) is 5.82 Å². The molecule has 0 aliphatic carbocycles. The lowest BCUT2D eigenvalue weighted by molar-refractivity contribution is -0.137. The minimum Gasteiger partial charge on any atom is -0.396 e. The number of ether oxygens (including phenoxy) is 1. The van der Waals surface area contributed by atoms with Crippen molar-refractivity contribution < 1.29 is 27.5 Å². The Kier molecular flexibility index (Phi) is 5.69. The van der Waals surface area contributed by atoms with Gasteiger partial charge in [-0.3, -0.25) is 0 Å². The van der Waals surface area contributed by atoms with Crippen molar-refractivity contribution in [3.63, 3.8) is 0 Å². The van der Waals surface area contributed by atoms with Gasteiger partial charge in [-0.05, 0) is 30.7 Å². The van der Waals surface area contributed by atoms with E-state index in [4.69, 9.17) is 14.4 Å². The molecule has 3 heterocycles. The van der Waals surface area contributed by atoms with Crippen molar-refractivity contribution in [2.75, 3.05) is 31.2 Å². The first-order valence-electron chi connectivity index (χ1n) is 9.39. The maximum Gasteiger partial charge on any atom is 0.416 e. The molecule has 1 aromatic carbocycles. The summed E-state index contributed by atoms with van der Waals surface area (Å²) in [5.41, 5.74) is -0.000303. The van der Waals surface area contributed by atoms with E-state index in [1.165, 1.54) is 12.1 Å². The molecule has 1 saturated heterocycles. The standard InChI is InChI=1S/C20H19F3N4O3/c21-20(22,23)15-3-1-2-13(10-15)18-25-19(30-26-18)14-4-5-17(24-11-14)27-7-9-29-16(12-27)6-8-28/h1-5,10-11,16,28H,6-9,12H2/t16-/m0/s1. The van der Waals surface area contributed by atoms with Gasteiger partial charge in [-0.15, -0.1) is 0 Å². The van der Waals surface area contributed by atoms with Crippen LogP contribution in [0.15, 0.2) is 47.1 Å². The van der Waals surface area contributed by atoms with Crippen molar-refractivity contribution in [3.05, 3.63) is 48.2 Å². The van der Waals surface area contributed by atoms with Crippen molar-refractivity contribution in [3.8, 4) is 22.8 Å². The third-order valence-corrected chi connectivity index (χ3v) is 4.78. The third kappa shape index (κ3) is 4.44. The third-order valence-electron chi connectivity index (χ3n) is 4.78. The molecule has 3 aromatic rings. The zero-order valence-corrected chi connectivity index (χ0v) is 15.8. The monoisotopic (exact) mass is 420 g/mol. The van der Waals surface area contributed by atoms with Crippen LogP contribution in [-0.2, 0) is 10.9 Å². The number of aliphatic hydroxyl groups is 1. The van der Waals surface area contributed by atoms with Crippen LogP contribution in [0.25, 0.3) is 22.8 Å². The van der Waals surface area contributed by atoms with Gasteiger partial charge >= 0.3 is 6.18 Å². The number of anilines is 1. The highest BCUT2D eigenvalue weighted by Crippen LogP contribution is 2.32. The zero-order valence-electron chi connectivity index (χ0n) is 15.8. The van der Waals surface area contributed by atoms with Crippen LogP contribution in [0, 0.1) is 0 Å². The largest absolute Gasteiger partial charge is 0.416 e. The molecule has 1 N–H and O–H groups in total. The van der Waals surface area contributed by atoms with E-state index in [1.807, 2.05) is 6.07 Å². The number of alkyl halides is 3. The Morgan fingerprint density at radius 2 is 2.03 bits per heavy atom. The van der Waals surface area contributed by atoms with E-state index in [-0.39, 0.29) is 30.0 Å². The molecule has 7 nitrogen and oxygen atoms in total. The summed E-state index contributed by atoms with van der Waals surface area (Å²) in [6.07, 6.45) is -2.35. The fourth-order valence-corrected chi connectivity index (χ4v) is 3.24. The molecule has 1 aliphatic rings. The number of pyridine rings is 1. The molecule has 0 unspecified atom stereocenters. The second kappa shape index (κ2) is 8.41. The van der Waals surface area contributed by atoms with E-state index in [9.17, 15) is 13.2 Å². The maximum atomic E-state index is 12.9. The molecule has 1 fully saturated rings. The average Bonchev–Trinajstić information content (AvgIpc) is 3.24. The Labute approximate surface area is 170 Å². The van der Waals surface area contributed by atoms with Crippen LogP contribution < -0.4 is 4.90 Å². The summed E-state index contributed by atoms with van der Waals surface area (Å²) in [5.74, 6) is 0.990. The molecular formula is C20H19F3N4O3. The first-order chi connectivity index (χ1) is 14.4. The lowest BCUT2D eigenvalue weighted by Gasteiger charge is -2.33. The number of hydrogen-bond acceptors (Lipinski definition) is 7. The molecule has 0 bridgehead atoms. The molecule has 10 heteroatoms. The summed E-state index contributed by atoms with van der Waals surface area (Å²) in [7, 11) is 0. The van der Waals surface area contributed by atoms with Crippen LogP contribution in [-0.4, -0.2) is 52.6 Å². The molecule has 30 heavy (non-hydrogen) atoms. The van der Waals surface area contributed by atoms with Gasteiger partial charge in [0, 0.05) is 31.5 Å². The van der Waals surface area contributed by atoms with Crippen molar-refractivity contribution in [1.29, 1.82) is 0 Å². The van der Waals surface area contributed by atoms with E-state index in [0.717, 1.165) is 18.0 Å². The number of aromatic nitrogens is 3. The Balaban J connectivity index is 1.50. The van der Waals surface area contributed by atoms with Crippen LogP contribution in [0.4, 0.5) is 19.0 Å². The Hall–Kier alpha value is -2.98. The highest BCUT2D eigenvalue weighted by molar-refractivity contribution is 5.61. The van der Waals surface area contributed by atoms with E-state index >= 15 is 0 Å². The Morgan fingerprint density at radius 1 is 1.17 bits per heavy atom. The molecule has 0 radical (unpaired) electrons. The predicted molar refractivity (Wildman–Crippen MR) is 102 cm³/mol. The molecular weight excluding hydrogens is 401 g/mol. The smallest absolute Gasteiger partial charge is 0.396 e. The number of aliphatic hydroxyl groups excluding tert-OH is 1. The predicted octanol–water partition coefficient (Wildman–Crippen LogP) is 3.41. The van der Waals surface area contributed by atoms with Crippen LogP contribution >= 0.6 is 0 Å². The van der Waals surface area contributed by atoms with Gasteiger partial charge in [0.05, 0.1) is 23.8 Å². The molecule has 158 valence electrons. The quantitative estimate of drug-likeness (QED) is 0.677. The van der Waals surface area contributed by atoms with Crippen molar-refractivity contribution >= 4 is 5.82 Å². The molecule has 0 amide bonds. The second-order valence-electron chi connectivity index (χ2n) is 6.86. The van der Waals surface area contributed by atoms with Crippen molar-refractivity contribution in [1.82, 2.24) is 15.1 Å². The topological polar surface area (TPSA) is 84.5 Å². The van der Waals surface area contributed by atoms with E-state index in [1.54, 1.807) is 12.3 Å². The van der Waals surface area contributed by atoms with Crippen molar-refractivity contribution in [2.45, 2.75) is 18.7 Å². The molecule has 1 aliphatic heterocycles. The van der Waals surface area contributed by atoms with Gasteiger partial charge in [0.1, 0.15) is 5.82 Å². The second-order valence-corrected chi connectivity index (χ2v) is 6.86. The number of halogens is 3. The lowest BCUT2D eigenvalue weighted by atomic mass is 10.1. The fourth-order valence-electron chi connectivity index (χ4n) is 3.24. The molecule has 0 saturated carbocycles. The Morgan fingerprint density at radius 3 is 2.77 bits per heavy atom. The van der Waals surface area contributed by atoms with E-state index in [2.05, 4.69) is 20.0 Å². The summed E-state index contributed by atoms with van der Waals surface area (Å²) in [5, 5.41) is 12.9. The number of benzene rings is 1. The highest BCUT2D eigenvalue weighted by atomic mass is 19.4. The number of hydrogen-bond donors (Lipinski definition) is 1. The number of rotatable bonds is 5. The lowest BCUT2D eigenvalue weighted by Crippen LogP contribution is -2.43. The first-order valence-corrected chi connectivity index (χ1v) is 9.39. The van der Waals surface area contributed by atoms with Crippen LogP contribution in [0.1, 0.15) is 12.0 Å². The molecule has 0 spiro atoms. The van der Waals surface area contributed by atoms with Crippen LogP contribution in [0.5, 0.6) is 0 Å². The molecule has 4 rings (SSSR count). The van der Waals surface area contributed by atoms with Gasteiger partial charge in [-0.2, -0.15) is 18.2 Å². The van der Waals surface area contributed by atoms with Gasteiger partial charge in [-0.25, -0.2) is 4.98 Å². The average molecular weight is 420 g/mol. The molecule has 2 aromatic heterocycles. The highest BCUT2D eigenvalue weighted by Gasteiger charge is 2.31. The number of nitrogens with zero attached hydrogens (tertiary/aromatic N) is 4. The Bertz CT molecular complexity index is 989.